The first kappa shape index (κ1) is 11.2. The summed E-state index contributed by atoms with van der Waals surface area (Å²) in [7, 11) is 0. The Morgan fingerprint density at radius 1 is 1.31 bits per heavy atom. The van der Waals surface area contributed by atoms with Crippen LogP contribution < -0.4 is 0 Å². The lowest BCUT2D eigenvalue weighted by Crippen LogP contribution is -2.11. The Morgan fingerprint density at radius 2 is 2.06 bits per heavy atom. The fourth-order valence-corrected chi connectivity index (χ4v) is 2.31. The molecule has 0 radical (unpaired) electrons. The first-order valence-electron chi connectivity index (χ1n) is 5.05. The molecule has 0 fully saturated rings. The fourth-order valence-electron chi connectivity index (χ4n) is 1.27. The number of hydrogen-bond acceptors (Lipinski definition) is 3. The average Bonchev–Trinajstić information content (AvgIpc) is 2.66. The van der Waals surface area contributed by atoms with E-state index in [4.69, 9.17) is 0 Å². The summed E-state index contributed by atoms with van der Waals surface area (Å²) in [4.78, 5) is 8.45. The number of thiazole rings is 1. The third-order valence-electron chi connectivity index (χ3n) is 2.23. The van der Waals surface area contributed by atoms with Gasteiger partial charge in [0, 0.05) is 17.0 Å². The SMILES string of the molecule is CC(C)(C)c1csc(-c2ncccc2F)n1. The van der Waals surface area contributed by atoms with Crippen LogP contribution in [0.5, 0.6) is 0 Å². The Labute approximate surface area is 98.2 Å². The maximum atomic E-state index is 13.5. The molecule has 0 N–H and O–H groups in total. The van der Waals surface area contributed by atoms with Crippen molar-refractivity contribution in [2.75, 3.05) is 0 Å². The van der Waals surface area contributed by atoms with Crippen molar-refractivity contribution < 1.29 is 4.39 Å². The van der Waals surface area contributed by atoms with Crippen LogP contribution in [0.15, 0.2) is 23.7 Å². The van der Waals surface area contributed by atoms with Crippen molar-refractivity contribution >= 4 is 11.3 Å². The smallest absolute Gasteiger partial charge is 0.151 e. The van der Waals surface area contributed by atoms with Crippen LogP contribution >= 0.6 is 11.3 Å². The first-order chi connectivity index (χ1) is 7.48. The number of hydrogen-bond donors (Lipinski definition) is 0. The third kappa shape index (κ3) is 2.11. The molecule has 2 nitrogen and oxygen atoms in total. The van der Waals surface area contributed by atoms with E-state index in [-0.39, 0.29) is 11.2 Å². The summed E-state index contributed by atoms with van der Waals surface area (Å²) < 4.78 is 13.5. The molecular formula is C12H13FN2S. The van der Waals surface area contributed by atoms with Gasteiger partial charge in [-0.15, -0.1) is 11.3 Å². The minimum Gasteiger partial charge on any atom is -0.251 e. The maximum absolute atomic E-state index is 13.5. The molecule has 2 heterocycles. The fraction of sp³-hybridized carbons (Fsp3) is 0.333. The van der Waals surface area contributed by atoms with E-state index in [1.807, 2.05) is 5.38 Å². The molecule has 0 aliphatic rings. The topological polar surface area (TPSA) is 25.8 Å². The van der Waals surface area contributed by atoms with E-state index < -0.39 is 0 Å². The number of nitrogens with zero attached hydrogens (tertiary/aromatic N) is 2. The summed E-state index contributed by atoms with van der Waals surface area (Å²) in [6.07, 6.45) is 1.58. The van der Waals surface area contributed by atoms with Crippen molar-refractivity contribution in [1.29, 1.82) is 0 Å². The molecule has 0 aliphatic heterocycles. The van der Waals surface area contributed by atoms with Crippen LogP contribution in [0.1, 0.15) is 26.5 Å². The Hall–Kier alpha value is -1.29. The van der Waals surface area contributed by atoms with Crippen molar-refractivity contribution in [2.45, 2.75) is 26.2 Å². The van der Waals surface area contributed by atoms with E-state index in [1.54, 1.807) is 12.3 Å². The molecule has 2 aromatic heterocycles. The second-order valence-corrected chi connectivity index (χ2v) is 5.48. The molecule has 2 aromatic rings. The van der Waals surface area contributed by atoms with Gasteiger partial charge in [0.2, 0.25) is 0 Å². The van der Waals surface area contributed by atoms with Crippen LogP contribution in [0.25, 0.3) is 10.7 Å². The summed E-state index contributed by atoms with van der Waals surface area (Å²) in [5, 5.41) is 2.60. The van der Waals surface area contributed by atoms with Gasteiger partial charge in [-0.2, -0.15) is 0 Å². The highest BCUT2D eigenvalue weighted by molar-refractivity contribution is 7.13. The molecule has 0 amide bonds. The molecule has 4 heteroatoms. The Bertz CT molecular complexity index is 500. The summed E-state index contributed by atoms with van der Waals surface area (Å²) in [6.45, 7) is 6.25. The van der Waals surface area contributed by atoms with Crippen LogP contribution in [-0.4, -0.2) is 9.97 Å². The van der Waals surface area contributed by atoms with Crippen molar-refractivity contribution in [3.05, 3.63) is 35.2 Å². The van der Waals surface area contributed by atoms with Gasteiger partial charge in [0.25, 0.3) is 0 Å². The predicted molar refractivity (Wildman–Crippen MR) is 64.0 cm³/mol. The van der Waals surface area contributed by atoms with Gasteiger partial charge in [0.15, 0.2) is 5.82 Å². The molecular weight excluding hydrogens is 223 g/mol. The van der Waals surface area contributed by atoms with Gasteiger partial charge >= 0.3 is 0 Å². The number of pyridine rings is 1. The summed E-state index contributed by atoms with van der Waals surface area (Å²) in [5.74, 6) is -0.322. The molecule has 2 rings (SSSR count). The number of aromatic nitrogens is 2. The van der Waals surface area contributed by atoms with Gasteiger partial charge in [0.05, 0.1) is 5.69 Å². The highest BCUT2D eigenvalue weighted by Gasteiger charge is 2.19. The molecule has 0 atom stereocenters. The van der Waals surface area contributed by atoms with Gasteiger partial charge in [-0.3, -0.25) is 4.98 Å². The molecule has 0 spiro atoms. The van der Waals surface area contributed by atoms with E-state index in [0.29, 0.717) is 10.7 Å². The number of rotatable bonds is 1. The Morgan fingerprint density at radius 3 is 2.62 bits per heavy atom. The monoisotopic (exact) mass is 236 g/mol. The van der Waals surface area contributed by atoms with Crippen molar-refractivity contribution in [2.24, 2.45) is 0 Å². The van der Waals surface area contributed by atoms with E-state index >= 15 is 0 Å². The lowest BCUT2D eigenvalue weighted by atomic mass is 9.93. The molecule has 16 heavy (non-hydrogen) atoms. The normalized spacial score (nSPS) is 11.8. The number of halogens is 1. The molecule has 0 bridgehead atoms. The van der Waals surface area contributed by atoms with Crippen LogP contribution in [0.4, 0.5) is 4.39 Å². The van der Waals surface area contributed by atoms with Crippen LogP contribution in [0.3, 0.4) is 0 Å². The first-order valence-corrected chi connectivity index (χ1v) is 5.93. The second kappa shape index (κ2) is 3.94. The zero-order chi connectivity index (χ0) is 11.8. The highest BCUT2D eigenvalue weighted by Crippen LogP contribution is 2.29. The molecule has 0 saturated carbocycles. The van der Waals surface area contributed by atoms with Gasteiger partial charge in [0.1, 0.15) is 10.7 Å². The van der Waals surface area contributed by atoms with Crippen LogP contribution in [0.2, 0.25) is 0 Å². The Kier molecular flexibility index (Phi) is 2.76. The standard InChI is InChI=1S/C12H13FN2S/c1-12(2,3)9-7-16-11(15-9)10-8(13)5-4-6-14-10/h4-7H,1-3H3. The van der Waals surface area contributed by atoms with Crippen LogP contribution in [-0.2, 0) is 5.41 Å². The zero-order valence-electron chi connectivity index (χ0n) is 9.49. The lowest BCUT2D eigenvalue weighted by molar-refractivity contribution is 0.573. The molecule has 0 saturated heterocycles. The summed E-state index contributed by atoms with van der Waals surface area (Å²) in [5.41, 5.74) is 1.29. The predicted octanol–water partition coefficient (Wildman–Crippen LogP) is 3.64. The summed E-state index contributed by atoms with van der Waals surface area (Å²) >= 11 is 1.43. The Balaban J connectivity index is 2.44. The van der Waals surface area contributed by atoms with Crippen LogP contribution in [0, 0.1) is 5.82 Å². The maximum Gasteiger partial charge on any atom is 0.151 e. The largest absolute Gasteiger partial charge is 0.251 e. The minimum absolute atomic E-state index is 0.0139. The lowest BCUT2D eigenvalue weighted by Gasteiger charge is -2.14. The average molecular weight is 236 g/mol. The van der Waals surface area contributed by atoms with E-state index in [9.17, 15) is 4.39 Å². The van der Waals surface area contributed by atoms with Crippen molar-refractivity contribution in [3.63, 3.8) is 0 Å². The molecule has 0 aromatic carbocycles. The van der Waals surface area contributed by atoms with Gasteiger partial charge in [-0.25, -0.2) is 9.37 Å². The van der Waals surface area contributed by atoms with Gasteiger partial charge < -0.3 is 0 Å². The second-order valence-electron chi connectivity index (χ2n) is 4.62. The zero-order valence-corrected chi connectivity index (χ0v) is 10.3. The van der Waals surface area contributed by atoms with E-state index in [1.165, 1.54) is 17.4 Å². The quantitative estimate of drug-likeness (QED) is 0.755. The third-order valence-corrected chi connectivity index (χ3v) is 3.08. The molecule has 84 valence electrons. The van der Waals surface area contributed by atoms with Crippen molar-refractivity contribution in [3.8, 4) is 10.7 Å². The van der Waals surface area contributed by atoms with E-state index in [2.05, 4.69) is 30.7 Å². The van der Waals surface area contributed by atoms with Crippen molar-refractivity contribution in [1.82, 2.24) is 9.97 Å². The molecule has 0 unspecified atom stereocenters. The van der Waals surface area contributed by atoms with E-state index in [0.717, 1.165) is 5.69 Å². The van der Waals surface area contributed by atoms with Gasteiger partial charge in [-0.05, 0) is 12.1 Å². The highest BCUT2D eigenvalue weighted by atomic mass is 32.1. The molecule has 0 aliphatic carbocycles. The summed E-state index contributed by atoms with van der Waals surface area (Å²) in [6, 6.07) is 2.98. The minimum atomic E-state index is -0.322. The van der Waals surface area contributed by atoms with Gasteiger partial charge in [-0.1, -0.05) is 20.8 Å².